The summed E-state index contributed by atoms with van der Waals surface area (Å²) in [7, 11) is 3.80. The molecule has 0 fully saturated rings. The zero-order chi connectivity index (χ0) is 9.26. The Morgan fingerprint density at radius 2 is 2.08 bits per heavy atom. The van der Waals surface area contributed by atoms with Crippen molar-refractivity contribution in [3.63, 3.8) is 0 Å². The summed E-state index contributed by atoms with van der Waals surface area (Å²) in [4.78, 5) is 4.39. The van der Waals surface area contributed by atoms with Crippen molar-refractivity contribution < 1.29 is 0 Å². The molecular weight excluding hydrogens is 164 g/mol. The lowest BCUT2D eigenvalue weighted by Gasteiger charge is -2.02. The van der Waals surface area contributed by atoms with Crippen LogP contribution in [0.5, 0.6) is 0 Å². The van der Waals surface area contributed by atoms with E-state index in [1.165, 1.54) is 0 Å². The average Bonchev–Trinajstić information content (AvgIpc) is 2.46. The van der Waals surface area contributed by atoms with Crippen molar-refractivity contribution in [2.75, 3.05) is 12.5 Å². The summed E-state index contributed by atoms with van der Waals surface area (Å²) in [5.74, 6) is 0.823. The lowest BCUT2D eigenvalue weighted by Crippen LogP contribution is -2.17. The summed E-state index contributed by atoms with van der Waals surface area (Å²) in [6.07, 6.45) is 0. The average molecular weight is 176 g/mol. The first kappa shape index (κ1) is 8.07. The molecule has 0 atom stereocenters. The number of hydrazine groups is 1. The van der Waals surface area contributed by atoms with E-state index in [1.54, 1.807) is 0 Å². The van der Waals surface area contributed by atoms with E-state index in [2.05, 4.69) is 15.8 Å². The van der Waals surface area contributed by atoms with E-state index >= 15 is 0 Å². The smallest absolute Gasteiger partial charge is 0.218 e. The number of aryl methyl sites for hydroxylation is 1. The van der Waals surface area contributed by atoms with E-state index in [0.29, 0.717) is 0 Å². The van der Waals surface area contributed by atoms with Crippen LogP contribution in [0.15, 0.2) is 24.3 Å². The van der Waals surface area contributed by atoms with E-state index in [0.717, 1.165) is 17.0 Å². The van der Waals surface area contributed by atoms with Crippen molar-refractivity contribution in [2.45, 2.75) is 0 Å². The monoisotopic (exact) mass is 176 g/mol. The van der Waals surface area contributed by atoms with Gasteiger partial charge in [0.05, 0.1) is 11.0 Å². The maximum absolute atomic E-state index is 4.39. The highest BCUT2D eigenvalue weighted by Crippen LogP contribution is 2.16. The molecule has 68 valence electrons. The molecule has 4 nitrogen and oxygen atoms in total. The number of benzene rings is 1. The molecular formula is C9H12N4. The Labute approximate surface area is 76.6 Å². The zero-order valence-electron chi connectivity index (χ0n) is 7.70. The Morgan fingerprint density at radius 1 is 1.31 bits per heavy atom. The molecule has 2 N–H and O–H groups in total. The van der Waals surface area contributed by atoms with Gasteiger partial charge in [0.15, 0.2) is 0 Å². The van der Waals surface area contributed by atoms with E-state index < -0.39 is 0 Å². The van der Waals surface area contributed by atoms with Crippen LogP contribution in [-0.2, 0) is 7.05 Å². The molecule has 0 saturated heterocycles. The van der Waals surface area contributed by atoms with Crippen molar-refractivity contribution in [1.82, 2.24) is 15.0 Å². The van der Waals surface area contributed by atoms with Crippen molar-refractivity contribution in [3.05, 3.63) is 24.3 Å². The third kappa shape index (κ3) is 1.25. The molecule has 0 amide bonds. The highest BCUT2D eigenvalue weighted by molar-refractivity contribution is 5.78. The Morgan fingerprint density at radius 3 is 2.77 bits per heavy atom. The second-order valence-corrected chi connectivity index (χ2v) is 2.86. The molecule has 0 aliphatic carbocycles. The predicted octanol–water partition coefficient (Wildman–Crippen LogP) is 1.12. The van der Waals surface area contributed by atoms with E-state index in [9.17, 15) is 0 Å². The second-order valence-electron chi connectivity index (χ2n) is 2.86. The molecule has 0 saturated carbocycles. The molecule has 0 spiro atoms. The van der Waals surface area contributed by atoms with Gasteiger partial charge in [-0.25, -0.2) is 10.4 Å². The van der Waals surface area contributed by atoms with Gasteiger partial charge in [-0.3, -0.25) is 5.43 Å². The first-order valence-electron chi connectivity index (χ1n) is 4.17. The SMILES string of the molecule is CNNc1nc2ccccc2n1C. The normalized spacial score (nSPS) is 10.6. The van der Waals surface area contributed by atoms with Gasteiger partial charge in [-0.2, -0.15) is 0 Å². The van der Waals surface area contributed by atoms with Crippen molar-refractivity contribution in [1.29, 1.82) is 0 Å². The maximum Gasteiger partial charge on any atom is 0.218 e. The number of imidazole rings is 1. The van der Waals surface area contributed by atoms with Crippen LogP contribution < -0.4 is 10.9 Å². The molecule has 4 heteroatoms. The third-order valence-electron chi connectivity index (χ3n) is 2.02. The summed E-state index contributed by atoms with van der Waals surface area (Å²) in [5, 5.41) is 0. The molecule has 0 aliphatic rings. The van der Waals surface area contributed by atoms with E-state index in [-0.39, 0.29) is 0 Å². The first-order chi connectivity index (χ1) is 6.33. The zero-order valence-corrected chi connectivity index (χ0v) is 7.70. The minimum atomic E-state index is 0.823. The number of hydrogen-bond acceptors (Lipinski definition) is 3. The van der Waals surface area contributed by atoms with E-state index in [1.807, 2.05) is 42.9 Å². The van der Waals surface area contributed by atoms with Gasteiger partial charge in [0, 0.05) is 14.1 Å². The van der Waals surface area contributed by atoms with Crippen molar-refractivity contribution >= 4 is 17.0 Å². The molecule has 1 heterocycles. The fourth-order valence-corrected chi connectivity index (χ4v) is 1.37. The van der Waals surface area contributed by atoms with Crippen LogP contribution in [-0.4, -0.2) is 16.6 Å². The van der Waals surface area contributed by atoms with Crippen molar-refractivity contribution in [2.24, 2.45) is 7.05 Å². The van der Waals surface area contributed by atoms with Crippen LogP contribution in [0.1, 0.15) is 0 Å². The molecule has 2 rings (SSSR count). The molecule has 0 bridgehead atoms. The Balaban J connectivity index is 2.60. The highest BCUT2D eigenvalue weighted by atomic mass is 15.4. The van der Waals surface area contributed by atoms with Crippen molar-refractivity contribution in [3.8, 4) is 0 Å². The topological polar surface area (TPSA) is 41.9 Å². The third-order valence-corrected chi connectivity index (χ3v) is 2.02. The summed E-state index contributed by atoms with van der Waals surface area (Å²) in [5.41, 5.74) is 7.95. The van der Waals surface area contributed by atoms with Gasteiger partial charge in [0.25, 0.3) is 0 Å². The number of fused-ring (bicyclic) bond motifs is 1. The predicted molar refractivity (Wildman–Crippen MR) is 53.4 cm³/mol. The Kier molecular flexibility index (Phi) is 1.90. The van der Waals surface area contributed by atoms with E-state index in [4.69, 9.17) is 0 Å². The fourth-order valence-electron chi connectivity index (χ4n) is 1.37. The van der Waals surface area contributed by atoms with Gasteiger partial charge in [0.1, 0.15) is 0 Å². The second kappa shape index (κ2) is 3.06. The number of para-hydroxylation sites is 2. The van der Waals surface area contributed by atoms with Crippen LogP contribution in [0.3, 0.4) is 0 Å². The number of nitrogens with one attached hydrogen (secondary N) is 2. The number of anilines is 1. The largest absolute Gasteiger partial charge is 0.312 e. The standard InChI is InChI=1S/C9H12N4/c1-10-12-9-11-7-5-3-4-6-8(7)13(9)2/h3-6,10H,1-2H3,(H,11,12). The summed E-state index contributed by atoms with van der Waals surface area (Å²) in [6, 6.07) is 8.03. The lowest BCUT2D eigenvalue weighted by atomic mass is 10.3. The van der Waals surface area contributed by atoms with Crippen LogP contribution in [0.4, 0.5) is 5.95 Å². The molecule has 2 aromatic rings. The molecule has 1 aromatic carbocycles. The molecule has 1 aromatic heterocycles. The molecule has 0 aliphatic heterocycles. The lowest BCUT2D eigenvalue weighted by molar-refractivity contribution is 0.879. The number of nitrogens with zero attached hydrogens (tertiary/aromatic N) is 2. The van der Waals surface area contributed by atoms with Gasteiger partial charge >= 0.3 is 0 Å². The number of hydrogen-bond donors (Lipinski definition) is 2. The maximum atomic E-state index is 4.39. The number of rotatable bonds is 2. The van der Waals surface area contributed by atoms with Crippen LogP contribution in [0, 0.1) is 0 Å². The van der Waals surface area contributed by atoms with Gasteiger partial charge in [0.2, 0.25) is 5.95 Å². The quantitative estimate of drug-likeness (QED) is 0.674. The molecule has 0 radical (unpaired) electrons. The Bertz CT molecular complexity index is 418. The van der Waals surface area contributed by atoms with Gasteiger partial charge in [-0.1, -0.05) is 12.1 Å². The van der Waals surface area contributed by atoms with Crippen LogP contribution in [0.25, 0.3) is 11.0 Å². The summed E-state index contributed by atoms with van der Waals surface area (Å²) in [6.45, 7) is 0. The molecule has 13 heavy (non-hydrogen) atoms. The summed E-state index contributed by atoms with van der Waals surface area (Å²) < 4.78 is 2.01. The van der Waals surface area contributed by atoms with Gasteiger partial charge < -0.3 is 4.57 Å². The first-order valence-corrected chi connectivity index (χ1v) is 4.17. The minimum absolute atomic E-state index is 0.823. The summed E-state index contributed by atoms with van der Waals surface area (Å²) >= 11 is 0. The van der Waals surface area contributed by atoms with Crippen LogP contribution >= 0.6 is 0 Å². The number of aromatic nitrogens is 2. The van der Waals surface area contributed by atoms with Gasteiger partial charge in [-0.15, -0.1) is 0 Å². The Hall–Kier alpha value is -1.55. The molecule has 0 unspecified atom stereocenters. The minimum Gasteiger partial charge on any atom is -0.312 e. The van der Waals surface area contributed by atoms with Gasteiger partial charge in [-0.05, 0) is 12.1 Å². The fraction of sp³-hybridized carbons (Fsp3) is 0.222. The van der Waals surface area contributed by atoms with Crippen LogP contribution in [0.2, 0.25) is 0 Å². The highest BCUT2D eigenvalue weighted by Gasteiger charge is 2.04.